The van der Waals surface area contributed by atoms with E-state index in [-0.39, 0.29) is 12.1 Å². The molecule has 104 valence electrons. The molecule has 0 aliphatic carbocycles. The van der Waals surface area contributed by atoms with Crippen LogP contribution in [-0.2, 0) is 15.9 Å². The minimum absolute atomic E-state index is 0.0949. The number of nitrogens with zero attached hydrogens (tertiary/aromatic N) is 2. The molecular formula is C12H23N3O3. The van der Waals surface area contributed by atoms with E-state index in [2.05, 4.69) is 22.4 Å². The summed E-state index contributed by atoms with van der Waals surface area (Å²) in [5, 5.41) is 7.27. The van der Waals surface area contributed by atoms with Crippen molar-refractivity contribution in [2.75, 3.05) is 27.4 Å². The lowest BCUT2D eigenvalue weighted by Gasteiger charge is -2.14. The van der Waals surface area contributed by atoms with Crippen LogP contribution in [0.1, 0.15) is 38.1 Å². The second-order valence-corrected chi connectivity index (χ2v) is 4.09. The van der Waals surface area contributed by atoms with E-state index in [1.54, 1.807) is 14.2 Å². The van der Waals surface area contributed by atoms with E-state index in [1.165, 1.54) is 0 Å². The van der Waals surface area contributed by atoms with E-state index in [1.807, 2.05) is 6.92 Å². The van der Waals surface area contributed by atoms with Gasteiger partial charge >= 0.3 is 0 Å². The molecule has 0 fully saturated rings. The molecular weight excluding hydrogens is 234 g/mol. The predicted octanol–water partition coefficient (Wildman–Crippen LogP) is 1.33. The van der Waals surface area contributed by atoms with Crippen molar-refractivity contribution in [1.82, 2.24) is 15.5 Å². The zero-order valence-electron chi connectivity index (χ0n) is 11.6. The van der Waals surface area contributed by atoms with Crippen molar-refractivity contribution in [3.63, 3.8) is 0 Å². The van der Waals surface area contributed by atoms with Crippen LogP contribution in [0.25, 0.3) is 0 Å². The molecule has 2 atom stereocenters. The van der Waals surface area contributed by atoms with Gasteiger partial charge in [-0.15, -0.1) is 0 Å². The lowest BCUT2D eigenvalue weighted by Crippen LogP contribution is -2.35. The molecule has 1 aromatic heterocycles. The molecule has 18 heavy (non-hydrogen) atoms. The molecule has 6 heteroatoms. The van der Waals surface area contributed by atoms with Crippen molar-refractivity contribution < 1.29 is 14.0 Å². The zero-order chi connectivity index (χ0) is 13.4. The van der Waals surface area contributed by atoms with Crippen LogP contribution in [-0.4, -0.2) is 43.6 Å². The Balaban J connectivity index is 2.61. The Kier molecular flexibility index (Phi) is 6.85. The van der Waals surface area contributed by atoms with E-state index < -0.39 is 0 Å². The van der Waals surface area contributed by atoms with Crippen molar-refractivity contribution in [1.29, 1.82) is 0 Å². The van der Waals surface area contributed by atoms with Crippen LogP contribution in [0.15, 0.2) is 4.52 Å². The van der Waals surface area contributed by atoms with Gasteiger partial charge < -0.3 is 19.3 Å². The molecule has 0 aromatic carbocycles. The smallest absolute Gasteiger partial charge is 0.228 e. The summed E-state index contributed by atoms with van der Waals surface area (Å²) in [4.78, 5) is 4.36. The number of nitrogens with one attached hydrogen (secondary N) is 1. The predicted molar refractivity (Wildman–Crippen MR) is 67.4 cm³/mol. The first kappa shape index (κ1) is 15.1. The van der Waals surface area contributed by atoms with Gasteiger partial charge in [-0.05, 0) is 13.0 Å². The van der Waals surface area contributed by atoms with Crippen LogP contribution < -0.4 is 5.32 Å². The van der Waals surface area contributed by atoms with E-state index in [4.69, 9.17) is 14.0 Å². The third-order valence-corrected chi connectivity index (χ3v) is 2.71. The SMILES string of the molecule is CCNC(COC)Cc1nc(C(CC)OC)no1. The molecule has 0 saturated carbocycles. The van der Waals surface area contributed by atoms with Gasteiger partial charge in [0.15, 0.2) is 0 Å². The van der Waals surface area contributed by atoms with Crippen molar-refractivity contribution in [2.24, 2.45) is 0 Å². The maximum absolute atomic E-state index is 5.27. The van der Waals surface area contributed by atoms with E-state index in [9.17, 15) is 0 Å². The fourth-order valence-electron chi connectivity index (χ4n) is 1.83. The summed E-state index contributed by atoms with van der Waals surface area (Å²) >= 11 is 0. The third-order valence-electron chi connectivity index (χ3n) is 2.71. The lowest BCUT2D eigenvalue weighted by atomic mass is 10.2. The van der Waals surface area contributed by atoms with Crippen LogP contribution in [0.4, 0.5) is 0 Å². The highest BCUT2D eigenvalue weighted by Gasteiger charge is 2.18. The Morgan fingerprint density at radius 2 is 2.11 bits per heavy atom. The van der Waals surface area contributed by atoms with E-state index in [0.29, 0.717) is 24.7 Å². The second kappa shape index (κ2) is 8.18. The normalized spacial score (nSPS) is 14.7. The van der Waals surface area contributed by atoms with Gasteiger partial charge in [-0.25, -0.2) is 0 Å². The first-order valence-corrected chi connectivity index (χ1v) is 6.32. The first-order chi connectivity index (χ1) is 8.74. The Bertz CT molecular complexity index is 320. The number of hydrogen-bond donors (Lipinski definition) is 1. The molecule has 1 heterocycles. The maximum atomic E-state index is 5.27. The topological polar surface area (TPSA) is 69.4 Å². The molecule has 1 aromatic rings. The van der Waals surface area contributed by atoms with Crippen LogP contribution in [0, 0.1) is 0 Å². The van der Waals surface area contributed by atoms with Crippen molar-refractivity contribution in [3.05, 3.63) is 11.7 Å². The monoisotopic (exact) mass is 257 g/mol. The molecule has 0 spiro atoms. The van der Waals surface area contributed by atoms with Crippen molar-refractivity contribution >= 4 is 0 Å². The van der Waals surface area contributed by atoms with Crippen LogP contribution in [0.5, 0.6) is 0 Å². The van der Waals surface area contributed by atoms with Crippen LogP contribution >= 0.6 is 0 Å². The number of rotatable bonds is 9. The van der Waals surface area contributed by atoms with Crippen LogP contribution in [0.2, 0.25) is 0 Å². The molecule has 0 bridgehead atoms. The molecule has 6 nitrogen and oxygen atoms in total. The van der Waals surface area contributed by atoms with Crippen molar-refractivity contribution in [3.8, 4) is 0 Å². The van der Waals surface area contributed by atoms with Crippen molar-refractivity contribution in [2.45, 2.75) is 38.8 Å². The molecule has 2 unspecified atom stereocenters. The van der Waals surface area contributed by atoms with Gasteiger partial charge in [0.1, 0.15) is 6.10 Å². The third kappa shape index (κ3) is 4.36. The minimum atomic E-state index is -0.0949. The van der Waals surface area contributed by atoms with Gasteiger partial charge in [-0.1, -0.05) is 19.0 Å². The molecule has 0 aliphatic heterocycles. The first-order valence-electron chi connectivity index (χ1n) is 6.32. The lowest BCUT2D eigenvalue weighted by molar-refractivity contribution is 0.0903. The summed E-state index contributed by atoms with van der Waals surface area (Å²) in [5.74, 6) is 1.23. The second-order valence-electron chi connectivity index (χ2n) is 4.09. The summed E-state index contributed by atoms with van der Waals surface area (Å²) in [7, 11) is 3.33. The highest BCUT2D eigenvalue weighted by molar-refractivity contribution is 4.93. The summed E-state index contributed by atoms with van der Waals surface area (Å²) in [6, 6.07) is 0.191. The minimum Gasteiger partial charge on any atom is -0.383 e. The zero-order valence-corrected chi connectivity index (χ0v) is 11.6. The highest BCUT2D eigenvalue weighted by atomic mass is 16.5. The largest absolute Gasteiger partial charge is 0.383 e. The highest BCUT2D eigenvalue weighted by Crippen LogP contribution is 2.16. The van der Waals surface area contributed by atoms with Gasteiger partial charge in [0.05, 0.1) is 6.61 Å². The van der Waals surface area contributed by atoms with E-state index >= 15 is 0 Å². The summed E-state index contributed by atoms with van der Waals surface area (Å²) in [6.07, 6.45) is 1.39. The molecule has 0 saturated heterocycles. The Labute approximate surface area is 108 Å². The molecule has 1 N–H and O–H groups in total. The standard InChI is InChI=1S/C12H23N3O3/c1-5-10(17-4)12-14-11(18-15-12)7-9(8-16-3)13-6-2/h9-10,13H,5-8H2,1-4H3. The Morgan fingerprint density at radius 3 is 2.67 bits per heavy atom. The summed E-state index contributed by atoms with van der Waals surface area (Å²) in [5.41, 5.74) is 0. The summed E-state index contributed by atoms with van der Waals surface area (Å²) in [6.45, 7) is 5.58. The quantitative estimate of drug-likeness (QED) is 0.720. The fourth-order valence-corrected chi connectivity index (χ4v) is 1.83. The number of aromatic nitrogens is 2. The Hall–Kier alpha value is -0.980. The number of hydrogen-bond acceptors (Lipinski definition) is 6. The number of ether oxygens (including phenoxy) is 2. The average molecular weight is 257 g/mol. The van der Waals surface area contributed by atoms with Crippen LogP contribution in [0.3, 0.4) is 0 Å². The fraction of sp³-hybridized carbons (Fsp3) is 0.833. The summed E-state index contributed by atoms with van der Waals surface area (Å²) < 4.78 is 15.7. The average Bonchev–Trinajstić information content (AvgIpc) is 2.80. The maximum Gasteiger partial charge on any atom is 0.228 e. The van der Waals surface area contributed by atoms with E-state index in [0.717, 1.165) is 13.0 Å². The molecule has 0 radical (unpaired) electrons. The molecule has 1 rings (SSSR count). The van der Waals surface area contributed by atoms with Gasteiger partial charge in [0.25, 0.3) is 0 Å². The van der Waals surface area contributed by atoms with Gasteiger partial charge in [0.2, 0.25) is 11.7 Å². The molecule has 0 aliphatic rings. The number of methoxy groups -OCH3 is 2. The molecule has 0 amide bonds. The Morgan fingerprint density at radius 1 is 1.33 bits per heavy atom. The number of likely N-dealkylation sites (N-methyl/N-ethyl adjacent to an activating group) is 1. The van der Waals surface area contributed by atoms with Gasteiger partial charge in [-0.3, -0.25) is 0 Å². The van der Waals surface area contributed by atoms with Gasteiger partial charge in [0, 0.05) is 26.7 Å². The van der Waals surface area contributed by atoms with Gasteiger partial charge in [-0.2, -0.15) is 4.98 Å².